The maximum absolute atomic E-state index is 12.0. The van der Waals surface area contributed by atoms with Gasteiger partial charge in [0.2, 0.25) is 0 Å². The van der Waals surface area contributed by atoms with E-state index in [-0.39, 0.29) is 5.56 Å². The van der Waals surface area contributed by atoms with E-state index in [1.54, 1.807) is 16.7 Å². The minimum atomic E-state index is -0.00802. The number of aromatic nitrogens is 2. The number of quaternary nitrogens is 1. The molecule has 2 heterocycles. The van der Waals surface area contributed by atoms with Gasteiger partial charge < -0.3 is 5.32 Å². The predicted molar refractivity (Wildman–Crippen MR) is 92.1 cm³/mol. The highest BCUT2D eigenvalue weighted by molar-refractivity contribution is 9.10. The minimum absolute atomic E-state index is 0.00802. The van der Waals surface area contributed by atoms with Crippen LogP contribution in [0.3, 0.4) is 0 Å². The molecule has 0 spiro atoms. The molecular weight excluding hydrogens is 362 g/mol. The van der Waals surface area contributed by atoms with Gasteiger partial charge in [-0.05, 0) is 12.1 Å². The molecule has 0 unspecified atom stereocenters. The number of thiazole rings is 1. The summed E-state index contributed by atoms with van der Waals surface area (Å²) in [6.45, 7) is 2.88. The van der Waals surface area contributed by atoms with E-state index in [1.807, 2.05) is 5.38 Å². The van der Waals surface area contributed by atoms with E-state index in [1.165, 1.54) is 16.9 Å². The van der Waals surface area contributed by atoms with Crippen molar-refractivity contribution in [1.82, 2.24) is 9.38 Å². The van der Waals surface area contributed by atoms with Crippen molar-refractivity contribution in [3.8, 4) is 0 Å². The number of hydrogen-bond donors (Lipinski definition) is 1. The highest BCUT2D eigenvalue weighted by Gasteiger charge is 2.13. The van der Waals surface area contributed by atoms with Crippen LogP contribution in [-0.4, -0.2) is 9.38 Å². The van der Waals surface area contributed by atoms with E-state index < -0.39 is 0 Å². The van der Waals surface area contributed by atoms with Crippen LogP contribution >= 0.6 is 27.3 Å². The molecule has 0 aliphatic carbocycles. The van der Waals surface area contributed by atoms with Crippen LogP contribution in [0, 0.1) is 0 Å². The molecule has 114 valence electrons. The number of benzene rings is 1. The Balaban J connectivity index is 1.76. The largest absolute Gasteiger partial charge is 0.335 e. The SMILES string of the molecule is CC[C@@H]([NH2+]Cc1cc(=O)n2ccsc2n1)c1ccc(Br)cc1. The van der Waals surface area contributed by atoms with Crippen molar-refractivity contribution in [2.45, 2.75) is 25.9 Å². The van der Waals surface area contributed by atoms with Crippen LogP contribution in [0.4, 0.5) is 0 Å². The van der Waals surface area contributed by atoms with Gasteiger partial charge in [-0.2, -0.15) is 0 Å². The number of nitrogens with zero attached hydrogens (tertiary/aromatic N) is 2. The zero-order valence-electron chi connectivity index (χ0n) is 12.2. The first-order valence-corrected chi connectivity index (χ1v) is 8.89. The van der Waals surface area contributed by atoms with Gasteiger partial charge in [0, 0.05) is 34.1 Å². The first-order chi connectivity index (χ1) is 10.7. The fraction of sp³-hybridized carbons (Fsp3) is 0.250. The maximum Gasteiger partial charge on any atom is 0.258 e. The van der Waals surface area contributed by atoms with Crippen molar-refractivity contribution < 1.29 is 5.32 Å². The molecule has 0 bridgehead atoms. The Morgan fingerprint density at radius 1 is 1.36 bits per heavy atom. The van der Waals surface area contributed by atoms with Crippen molar-refractivity contribution in [2.24, 2.45) is 0 Å². The molecule has 6 heteroatoms. The summed E-state index contributed by atoms with van der Waals surface area (Å²) in [6, 6.07) is 10.4. The number of halogens is 1. The molecular formula is C16H17BrN3OS+. The Labute approximate surface area is 141 Å². The lowest BCUT2D eigenvalue weighted by Crippen LogP contribution is -2.83. The molecule has 0 fully saturated rings. The Morgan fingerprint density at radius 3 is 2.86 bits per heavy atom. The molecule has 1 atom stereocenters. The highest BCUT2D eigenvalue weighted by Crippen LogP contribution is 2.16. The van der Waals surface area contributed by atoms with Crippen LogP contribution in [-0.2, 0) is 6.54 Å². The van der Waals surface area contributed by atoms with E-state index in [9.17, 15) is 4.79 Å². The lowest BCUT2D eigenvalue weighted by Gasteiger charge is -2.14. The molecule has 2 N–H and O–H groups in total. The Bertz CT molecular complexity index is 825. The average molecular weight is 379 g/mol. The quantitative estimate of drug-likeness (QED) is 0.741. The molecule has 22 heavy (non-hydrogen) atoms. The summed E-state index contributed by atoms with van der Waals surface area (Å²) >= 11 is 4.95. The molecule has 2 aromatic heterocycles. The van der Waals surface area contributed by atoms with Gasteiger partial charge in [0.1, 0.15) is 18.3 Å². The van der Waals surface area contributed by atoms with Gasteiger partial charge >= 0.3 is 0 Å². The Hall–Kier alpha value is -1.50. The van der Waals surface area contributed by atoms with E-state index in [0.29, 0.717) is 12.6 Å². The van der Waals surface area contributed by atoms with Gasteiger partial charge in [-0.1, -0.05) is 35.0 Å². The van der Waals surface area contributed by atoms with Crippen molar-refractivity contribution >= 4 is 32.2 Å². The van der Waals surface area contributed by atoms with Crippen LogP contribution in [0.25, 0.3) is 4.96 Å². The van der Waals surface area contributed by atoms with Crippen molar-refractivity contribution in [3.63, 3.8) is 0 Å². The molecule has 0 aliphatic heterocycles. The first kappa shape index (κ1) is 15.4. The third-order valence-electron chi connectivity index (χ3n) is 3.71. The maximum atomic E-state index is 12.0. The minimum Gasteiger partial charge on any atom is -0.335 e. The summed E-state index contributed by atoms with van der Waals surface area (Å²) in [4.78, 5) is 17.3. The fourth-order valence-electron chi connectivity index (χ4n) is 2.50. The summed E-state index contributed by atoms with van der Waals surface area (Å²) in [5, 5.41) is 4.13. The van der Waals surface area contributed by atoms with Gasteiger partial charge in [-0.25, -0.2) is 4.98 Å². The summed E-state index contributed by atoms with van der Waals surface area (Å²) in [6.07, 6.45) is 2.79. The van der Waals surface area contributed by atoms with Gasteiger partial charge in [0.25, 0.3) is 5.56 Å². The van der Waals surface area contributed by atoms with Crippen molar-refractivity contribution in [3.05, 3.63) is 68.0 Å². The fourth-order valence-corrected chi connectivity index (χ4v) is 3.51. The van der Waals surface area contributed by atoms with Gasteiger partial charge in [0.15, 0.2) is 4.96 Å². The van der Waals surface area contributed by atoms with E-state index in [4.69, 9.17) is 0 Å². The third-order valence-corrected chi connectivity index (χ3v) is 4.99. The second-order valence-corrected chi connectivity index (χ2v) is 6.94. The molecule has 3 rings (SSSR count). The van der Waals surface area contributed by atoms with Crippen LogP contribution < -0.4 is 10.9 Å². The van der Waals surface area contributed by atoms with Gasteiger partial charge in [-0.3, -0.25) is 9.20 Å². The second kappa shape index (κ2) is 6.73. The molecule has 1 aromatic carbocycles. The molecule has 3 aromatic rings. The Morgan fingerprint density at radius 2 is 2.14 bits per heavy atom. The second-order valence-electron chi connectivity index (χ2n) is 5.15. The molecule has 0 radical (unpaired) electrons. The first-order valence-electron chi connectivity index (χ1n) is 7.22. The normalized spacial score (nSPS) is 12.6. The zero-order chi connectivity index (χ0) is 15.5. The molecule has 0 saturated heterocycles. The van der Waals surface area contributed by atoms with E-state index in [0.717, 1.165) is 21.5 Å². The molecule has 0 amide bonds. The van der Waals surface area contributed by atoms with Crippen LogP contribution in [0.2, 0.25) is 0 Å². The van der Waals surface area contributed by atoms with Crippen LogP contribution in [0.15, 0.2) is 51.2 Å². The molecule has 0 saturated carbocycles. The number of hydrogen-bond acceptors (Lipinski definition) is 3. The molecule has 4 nitrogen and oxygen atoms in total. The van der Waals surface area contributed by atoms with E-state index >= 15 is 0 Å². The summed E-state index contributed by atoms with van der Waals surface area (Å²) < 4.78 is 2.67. The monoisotopic (exact) mass is 378 g/mol. The number of rotatable bonds is 5. The molecule has 0 aliphatic rings. The number of nitrogens with two attached hydrogens (primary N) is 1. The summed E-state index contributed by atoms with van der Waals surface area (Å²) in [5.74, 6) is 0. The highest BCUT2D eigenvalue weighted by atomic mass is 79.9. The van der Waals surface area contributed by atoms with Crippen LogP contribution in [0.1, 0.15) is 30.6 Å². The zero-order valence-corrected chi connectivity index (χ0v) is 14.6. The summed E-state index contributed by atoms with van der Waals surface area (Å²) in [7, 11) is 0. The number of fused-ring (bicyclic) bond motifs is 1. The van der Waals surface area contributed by atoms with Crippen LogP contribution in [0.5, 0.6) is 0 Å². The topological polar surface area (TPSA) is 51.0 Å². The van der Waals surface area contributed by atoms with Gasteiger partial charge in [0.05, 0.1) is 0 Å². The predicted octanol–water partition coefficient (Wildman–Crippen LogP) is 2.73. The Kier molecular flexibility index (Phi) is 4.71. The third kappa shape index (κ3) is 3.29. The lowest BCUT2D eigenvalue weighted by molar-refractivity contribution is -0.711. The van der Waals surface area contributed by atoms with E-state index in [2.05, 4.69) is 57.4 Å². The van der Waals surface area contributed by atoms with Crippen molar-refractivity contribution in [2.75, 3.05) is 0 Å². The average Bonchev–Trinajstić information content (AvgIpc) is 2.98. The standard InChI is InChI=1S/C16H16BrN3OS/c1-2-14(11-3-5-12(17)6-4-11)18-10-13-9-15(21)20-7-8-22-16(20)19-13/h3-9,14,18H,2,10H2,1H3/p+1/t14-/m1/s1. The lowest BCUT2D eigenvalue weighted by atomic mass is 10.0. The summed E-state index contributed by atoms with van der Waals surface area (Å²) in [5.41, 5.74) is 2.12. The van der Waals surface area contributed by atoms with Gasteiger partial charge in [-0.15, -0.1) is 11.3 Å². The smallest absolute Gasteiger partial charge is 0.258 e. The van der Waals surface area contributed by atoms with Crippen molar-refractivity contribution in [1.29, 1.82) is 0 Å².